The van der Waals surface area contributed by atoms with E-state index in [2.05, 4.69) is 0 Å². The van der Waals surface area contributed by atoms with E-state index in [9.17, 15) is 57.1 Å². The Morgan fingerprint density at radius 2 is 0.226 bits per heavy atom. The molecule has 0 saturated carbocycles. The minimum Gasteiger partial charge on any atom is -0.203 e. The van der Waals surface area contributed by atoms with Crippen LogP contribution in [0.5, 0.6) is 0 Å². The van der Waals surface area contributed by atoms with Gasteiger partial charge in [-0.25, -0.2) is 110 Å². The maximum Gasteiger partial charge on any atom is 0.200 e. The first-order valence-corrected chi connectivity index (χ1v) is 15.7. The quantitative estimate of drug-likeness (QED) is 0.0699. The second-order valence-corrected chi connectivity index (χ2v) is 12.5. The molecule has 0 spiro atoms. The van der Waals surface area contributed by atoms with Crippen molar-refractivity contribution in [2.75, 3.05) is 0 Å². The van der Waals surface area contributed by atoms with Crippen molar-refractivity contribution in [2.24, 2.45) is 0 Å². The van der Waals surface area contributed by atoms with Crippen LogP contribution in [-0.4, -0.2) is 10.2 Å². The lowest BCUT2D eigenvalue weighted by atomic mass is 9.77. The molecule has 6 aromatic rings. The zero-order valence-electron chi connectivity index (χ0n) is 27.9. The van der Waals surface area contributed by atoms with Gasteiger partial charge in [-0.15, -0.1) is 0 Å². The van der Waals surface area contributed by atoms with Crippen molar-refractivity contribution in [3.05, 3.63) is 145 Å². The second-order valence-electron chi connectivity index (χ2n) is 12.0. The number of benzene rings is 6. The van der Waals surface area contributed by atoms with Gasteiger partial charge in [-0.1, -0.05) is 5.19 Å². The van der Waals surface area contributed by atoms with Crippen LogP contribution in [0.3, 0.4) is 0 Å². The summed E-state index contributed by atoms with van der Waals surface area (Å²) in [7, 11) is 2.04. The molecular formula is C36F25Si. The van der Waals surface area contributed by atoms with E-state index in [-0.39, 0.29) is 0 Å². The highest BCUT2D eigenvalue weighted by atomic mass is 28.1. The van der Waals surface area contributed by atoms with Gasteiger partial charge in [0, 0.05) is 16.7 Å². The van der Waals surface area contributed by atoms with Gasteiger partial charge in [-0.3, -0.25) is 0 Å². The Balaban J connectivity index is 2.27. The van der Waals surface area contributed by atoms with Gasteiger partial charge in [0.15, 0.2) is 116 Å². The lowest BCUT2D eigenvalue weighted by Crippen LogP contribution is -2.22. The topological polar surface area (TPSA) is 0 Å². The van der Waals surface area contributed by atoms with Crippen molar-refractivity contribution in [2.45, 2.75) is 0 Å². The molecule has 0 atom stereocenters. The standard InChI is InChI=1S/C36F25Si/c37-11-6(12(38)22(48)31(57)21(11)47)1-2(7-13(39)23(49)32(58)24(50)14(7)40)4(9-17(43)27(53)34(60)28(54)18(9)44)36(62)5(10-19(45)29(55)35(61)30(56)20(10)46)3(1)8-15(41)25(51)33(59)26(52)16(8)42. The third kappa shape index (κ3) is 6.02. The first-order valence-electron chi connectivity index (χ1n) is 15.2. The van der Waals surface area contributed by atoms with Crippen molar-refractivity contribution in [3.8, 4) is 55.6 Å². The summed E-state index contributed by atoms with van der Waals surface area (Å²) in [6.45, 7) is 0. The molecule has 0 aliphatic carbocycles. The molecule has 0 bridgehead atoms. The van der Waals surface area contributed by atoms with E-state index in [1.54, 1.807) is 0 Å². The van der Waals surface area contributed by atoms with Gasteiger partial charge in [-0.2, -0.15) is 0 Å². The van der Waals surface area contributed by atoms with Crippen LogP contribution < -0.4 is 5.19 Å². The molecule has 0 amide bonds. The fraction of sp³-hybridized carbons (Fsp3) is 0. The van der Waals surface area contributed by atoms with Gasteiger partial charge in [0.1, 0.15) is 0 Å². The van der Waals surface area contributed by atoms with Crippen LogP contribution in [0.4, 0.5) is 110 Å². The Morgan fingerprint density at radius 1 is 0.129 bits per heavy atom. The summed E-state index contributed by atoms with van der Waals surface area (Å²) in [5.41, 5.74) is -31.0. The monoisotopic (exact) mass is 935 g/mol. The lowest BCUT2D eigenvalue weighted by Gasteiger charge is -2.29. The smallest absolute Gasteiger partial charge is 0.200 e. The molecule has 0 saturated heterocycles. The van der Waals surface area contributed by atoms with Gasteiger partial charge >= 0.3 is 0 Å². The largest absolute Gasteiger partial charge is 0.203 e. The van der Waals surface area contributed by atoms with Crippen molar-refractivity contribution < 1.29 is 110 Å². The summed E-state index contributed by atoms with van der Waals surface area (Å²) in [5, 5.41) is -2.54. The van der Waals surface area contributed by atoms with Crippen LogP contribution in [0.2, 0.25) is 0 Å². The molecule has 0 nitrogen and oxygen atoms in total. The van der Waals surface area contributed by atoms with E-state index < -0.39 is 206 Å². The van der Waals surface area contributed by atoms with Crippen LogP contribution in [0.15, 0.2) is 0 Å². The van der Waals surface area contributed by atoms with E-state index in [1.165, 1.54) is 0 Å². The third-order valence-electron chi connectivity index (χ3n) is 8.80. The highest BCUT2D eigenvalue weighted by molar-refractivity contribution is 6.43. The van der Waals surface area contributed by atoms with Gasteiger partial charge in [0.2, 0.25) is 29.1 Å². The summed E-state index contributed by atoms with van der Waals surface area (Å²) < 4.78 is 380. The number of hydrogen-bond donors (Lipinski definition) is 0. The Kier molecular flexibility index (Phi) is 11.2. The van der Waals surface area contributed by atoms with Gasteiger partial charge in [0.25, 0.3) is 0 Å². The Morgan fingerprint density at radius 3 is 0.371 bits per heavy atom. The Bertz CT molecular complexity index is 2720. The molecule has 0 unspecified atom stereocenters. The number of halogens is 25. The zero-order chi connectivity index (χ0) is 46.8. The molecule has 323 valence electrons. The van der Waals surface area contributed by atoms with Crippen LogP contribution in [0.25, 0.3) is 55.6 Å². The lowest BCUT2D eigenvalue weighted by molar-refractivity contribution is 0.379. The van der Waals surface area contributed by atoms with E-state index in [4.69, 9.17) is 0 Å². The molecule has 62 heavy (non-hydrogen) atoms. The summed E-state index contributed by atoms with van der Waals surface area (Å²) in [4.78, 5) is 0. The van der Waals surface area contributed by atoms with Crippen molar-refractivity contribution in [1.82, 2.24) is 0 Å². The van der Waals surface area contributed by atoms with E-state index >= 15 is 52.7 Å². The van der Waals surface area contributed by atoms with Gasteiger partial charge in [0.05, 0.1) is 38.1 Å². The summed E-state index contributed by atoms with van der Waals surface area (Å²) >= 11 is 0. The fourth-order valence-corrected chi connectivity index (χ4v) is 6.62. The molecule has 3 radical (unpaired) electrons. The molecule has 6 aromatic carbocycles. The molecule has 0 aromatic heterocycles. The molecule has 0 heterocycles. The SMILES string of the molecule is Fc1c(F)c(F)c(-c2c([Si])c(-c3c(F)c(F)c(F)c(F)c3F)c(-c3c(F)c(F)c(F)c(F)c3F)c(-c3c(F)c(F)c(F)c(F)c3F)c2-c2c(F)c(F)c(F)c(F)c2F)c(F)c1F. The number of hydrogen-bond acceptors (Lipinski definition) is 0. The summed E-state index contributed by atoms with van der Waals surface area (Å²) in [6, 6.07) is 0. The average molecular weight is 935 g/mol. The summed E-state index contributed by atoms with van der Waals surface area (Å²) in [6.07, 6.45) is 0. The van der Waals surface area contributed by atoms with Crippen molar-refractivity contribution in [3.63, 3.8) is 0 Å². The predicted molar refractivity (Wildman–Crippen MR) is 158 cm³/mol. The molecule has 6 rings (SSSR count). The average Bonchev–Trinajstić information content (AvgIpc) is 3.24. The van der Waals surface area contributed by atoms with Crippen LogP contribution in [0, 0.1) is 145 Å². The normalized spacial score (nSPS) is 11.7. The van der Waals surface area contributed by atoms with E-state index in [1.807, 2.05) is 10.2 Å². The van der Waals surface area contributed by atoms with Crippen LogP contribution in [-0.2, 0) is 0 Å². The fourth-order valence-electron chi connectivity index (χ4n) is 6.12. The first kappa shape index (κ1) is 45.3. The van der Waals surface area contributed by atoms with Crippen LogP contribution in [0.1, 0.15) is 0 Å². The van der Waals surface area contributed by atoms with Crippen LogP contribution >= 0.6 is 0 Å². The Labute approximate surface area is 326 Å². The molecule has 0 fully saturated rings. The van der Waals surface area contributed by atoms with Crippen molar-refractivity contribution in [1.29, 1.82) is 0 Å². The number of rotatable bonds is 5. The summed E-state index contributed by atoms with van der Waals surface area (Å²) in [5.74, 6) is -85.6. The van der Waals surface area contributed by atoms with Gasteiger partial charge in [-0.05, 0) is 11.1 Å². The minimum absolute atomic E-state index is 2.04. The zero-order valence-corrected chi connectivity index (χ0v) is 28.9. The highest BCUT2D eigenvalue weighted by Gasteiger charge is 2.43. The molecule has 0 aliphatic heterocycles. The van der Waals surface area contributed by atoms with E-state index in [0.717, 1.165) is 0 Å². The molecular weight excluding hydrogens is 935 g/mol. The molecule has 26 heteroatoms. The predicted octanol–water partition coefficient (Wildman–Crippen LogP) is 12.3. The van der Waals surface area contributed by atoms with Crippen molar-refractivity contribution >= 4 is 15.4 Å². The maximum absolute atomic E-state index is 16.0. The first-order chi connectivity index (χ1) is 28.7. The second kappa shape index (κ2) is 15.3. The highest BCUT2D eigenvalue weighted by Crippen LogP contribution is 2.55. The Hall–Kier alpha value is -6.21. The molecule has 0 N–H and O–H groups in total. The molecule has 0 aliphatic rings. The minimum atomic E-state index is -3.59. The maximum atomic E-state index is 16.0. The van der Waals surface area contributed by atoms with Gasteiger partial charge < -0.3 is 0 Å². The third-order valence-corrected chi connectivity index (χ3v) is 9.30. The van der Waals surface area contributed by atoms with E-state index in [0.29, 0.717) is 0 Å².